The molecule has 0 amide bonds. The van der Waals surface area contributed by atoms with Gasteiger partial charge in [0.15, 0.2) is 0 Å². The number of hydrogen-bond acceptors (Lipinski definition) is 4. The largest absolute Gasteiger partial charge is 0.466 e. The monoisotopic (exact) mass is 288 g/mol. The average Bonchev–Trinajstić information content (AvgIpc) is 2.82. The summed E-state index contributed by atoms with van der Waals surface area (Å²) in [7, 11) is 0. The first-order valence-corrected chi connectivity index (χ1v) is 6.58. The summed E-state index contributed by atoms with van der Waals surface area (Å²) in [5, 5.41) is 0. The molecule has 1 heterocycles. The van der Waals surface area contributed by atoms with Crippen molar-refractivity contribution in [2.24, 2.45) is 23.7 Å². The van der Waals surface area contributed by atoms with Crippen molar-refractivity contribution in [1.29, 1.82) is 0 Å². The minimum absolute atomic E-state index is 0.0202. The summed E-state index contributed by atoms with van der Waals surface area (Å²) in [6.07, 6.45) is 0.883. The van der Waals surface area contributed by atoms with Gasteiger partial charge in [0, 0.05) is 5.92 Å². The Balaban J connectivity index is 1.90. The Kier molecular flexibility index (Phi) is 2.28. The minimum Gasteiger partial charge on any atom is -0.466 e. The maximum absolute atomic E-state index is 11.9. The van der Waals surface area contributed by atoms with Crippen LogP contribution in [-0.2, 0) is 19.1 Å². The standard InChI is InChI=1S/C11H13BrO4/c1-2-15-10(13)6-4-3-5-7(6)11(14)16-9(5)8(4)12/h4-9H,2-3H2,1H3/t4-,5-,6-,7-,8-,9+/m1/s1. The number of ether oxygens (including phenoxy) is 2. The van der Waals surface area contributed by atoms with Crippen molar-refractivity contribution in [3.8, 4) is 0 Å². The predicted octanol–water partition coefficient (Wildman–Crippen LogP) is 1.12. The number of alkyl halides is 1. The normalized spacial score (nSPS) is 48.2. The van der Waals surface area contributed by atoms with E-state index in [1.54, 1.807) is 6.92 Å². The van der Waals surface area contributed by atoms with Gasteiger partial charge in [-0.05, 0) is 19.3 Å². The topological polar surface area (TPSA) is 52.6 Å². The van der Waals surface area contributed by atoms with Gasteiger partial charge in [0.05, 0.1) is 23.3 Å². The van der Waals surface area contributed by atoms with E-state index in [0.29, 0.717) is 6.61 Å². The highest BCUT2D eigenvalue weighted by molar-refractivity contribution is 9.09. The smallest absolute Gasteiger partial charge is 0.310 e. The van der Waals surface area contributed by atoms with E-state index in [1.165, 1.54) is 0 Å². The maximum Gasteiger partial charge on any atom is 0.310 e. The van der Waals surface area contributed by atoms with Crippen molar-refractivity contribution >= 4 is 27.9 Å². The van der Waals surface area contributed by atoms with Gasteiger partial charge < -0.3 is 9.47 Å². The molecule has 0 aromatic carbocycles. The quantitative estimate of drug-likeness (QED) is 0.564. The molecule has 16 heavy (non-hydrogen) atoms. The van der Waals surface area contributed by atoms with E-state index < -0.39 is 0 Å². The van der Waals surface area contributed by atoms with Crippen LogP contribution in [0.15, 0.2) is 0 Å². The SMILES string of the molecule is CCOC(=O)[C@@H]1[C@H]2C[C@H]3[C@H](OC(=O)[C@H]31)[C@@H]2Br. The Morgan fingerprint density at radius 1 is 1.56 bits per heavy atom. The lowest BCUT2D eigenvalue weighted by Crippen LogP contribution is -2.38. The molecule has 0 radical (unpaired) electrons. The highest BCUT2D eigenvalue weighted by Gasteiger charge is 2.68. The molecule has 3 fully saturated rings. The van der Waals surface area contributed by atoms with Crippen LogP contribution in [0.2, 0.25) is 0 Å². The van der Waals surface area contributed by atoms with Crippen LogP contribution in [0, 0.1) is 23.7 Å². The molecule has 1 saturated heterocycles. The zero-order valence-corrected chi connectivity index (χ0v) is 10.5. The number of halogens is 1. The molecular formula is C11H13BrO4. The Labute approximate surface area is 102 Å². The molecule has 3 rings (SSSR count). The fraction of sp³-hybridized carbons (Fsp3) is 0.818. The van der Waals surface area contributed by atoms with Gasteiger partial charge in [-0.1, -0.05) is 15.9 Å². The lowest BCUT2D eigenvalue weighted by molar-refractivity contribution is -0.155. The van der Waals surface area contributed by atoms with E-state index in [1.807, 2.05) is 0 Å². The summed E-state index contributed by atoms with van der Waals surface area (Å²) < 4.78 is 10.4. The van der Waals surface area contributed by atoms with Crippen molar-refractivity contribution in [2.75, 3.05) is 6.61 Å². The summed E-state index contributed by atoms with van der Waals surface area (Å²) in [4.78, 5) is 23.7. The second kappa shape index (κ2) is 3.45. The number of fused-ring (bicyclic) bond motifs is 1. The van der Waals surface area contributed by atoms with Gasteiger partial charge in [-0.15, -0.1) is 0 Å². The lowest BCUT2D eigenvalue weighted by atomic mass is 9.80. The average molecular weight is 289 g/mol. The van der Waals surface area contributed by atoms with Gasteiger partial charge in [0.2, 0.25) is 0 Å². The zero-order chi connectivity index (χ0) is 11.4. The first kappa shape index (κ1) is 10.6. The molecule has 2 saturated carbocycles. The zero-order valence-electron chi connectivity index (χ0n) is 8.89. The fourth-order valence-electron chi connectivity index (χ4n) is 3.53. The molecule has 3 aliphatic rings. The van der Waals surface area contributed by atoms with E-state index >= 15 is 0 Å². The van der Waals surface area contributed by atoms with Gasteiger partial charge in [0.1, 0.15) is 6.10 Å². The predicted molar refractivity (Wildman–Crippen MR) is 57.8 cm³/mol. The van der Waals surface area contributed by atoms with Crippen LogP contribution in [-0.4, -0.2) is 29.5 Å². The van der Waals surface area contributed by atoms with Gasteiger partial charge in [-0.25, -0.2) is 0 Å². The van der Waals surface area contributed by atoms with Crippen LogP contribution in [0.3, 0.4) is 0 Å². The van der Waals surface area contributed by atoms with Gasteiger partial charge >= 0.3 is 11.9 Å². The maximum atomic E-state index is 11.9. The van der Waals surface area contributed by atoms with Crippen LogP contribution in [0.1, 0.15) is 13.3 Å². The second-order valence-electron chi connectivity index (χ2n) is 4.71. The molecule has 0 spiro atoms. The van der Waals surface area contributed by atoms with Gasteiger partial charge in [0.25, 0.3) is 0 Å². The van der Waals surface area contributed by atoms with Crippen molar-refractivity contribution in [3.05, 3.63) is 0 Å². The molecule has 2 aliphatic carbocycles. The van der Waals surface area contributed by atoms with Crippen LogP contribution in [0.4, 0.5) is 0 Å². The fourth-order valence-corrected chi connectivity index (χ4v) is 4.58. The Morgan fingerprint density at radius 2 is 2.31 bits per heavy atom. The molecule has 5 heteroatoms. The van der Waals surface area contributed by atoms with Crippen molar-refractivity contribution in [2.45, 2.75) is 24.3 Å². The molecule has 0 aromatic rings. The summed E-state index contributed by atoms with van der Waals surface area (Å²) in [5.41, 5.74) is 0. The first-order valence-electron chi connectivity index (χ1n) is 5.66. The lowest BCUT2D eigenvalue weighted by Gasteiger charge is -2.26. The molecule has 0 N–H and O–H groups in total. The molecule has 0 unspecified atom stereocenters. The summed E-state index contributed by atoms with van der Waals surface area (Å²) >= 11 is 3.55. The number of hydrogen-bond donors (Lipinski definition) is 0. The van der Waals surface area contributed by atoms with Crippen LogP contribution in [0.25, 0.3) is 0 Å². The van der Waals surface area contributed by atoms with Crippen LogP contribution >= 0.6 is 15.9 Å². The van der Waals surface area contributed by atoms with Crippen molar-refractivity contribution in [1.82, 2.24) is 0 Å². The van der Waals surface area contributed by atoms with E-state index in [4.69, 9.17) is 9.47 Å². The molecule has 0 aromatic heterocycles. The molecule has 88 valence electrons. The van der Waals surface area contributed by atoms with Gasteiger partial charge in [-0.3, -0.25) is 9.59 Å². The number of carbonyl (C=O) groups is 2. The third-order valence-electron chi connectivity index (χ3n) is 4.08. The summed E-state index contributed by atoms with van der Waals surface area (Å²) in [6, 6.07) is 0. The molecule has 4 nitrogen and oxygen atoms in total. The van der Waals surface area contributed by atoms with E-state index in [-0.39, 0.29) is 46.5 Å². The Hall–Kier alpha value is -0.580. The Bertz CT molecular complexity index is 356. The van der Waals surface area contributed by atoms with Gasteiger partial charge in [-0.2, -0.15) is 0 Å². The highest BCUT2D eigenvalue weighted by atomic mass is 79.9. The molecule has 1 aliphatic heterocycles. The number of esters is 2. The molecular weight excluding hydrogens is 276 g/mol. The second-order valence-corrected chi connectivity index (χ2v) is 5.77. The van der Waals surface area contributed by atoms with Crippen LogP contribution in [0.5, 0.6) is 0 Å². The number of rotatable bonds is 2. The summed E-state index contributed by atoms with van der Waals surface area (Å²) in [6.45, 7) is 2.15. The van der Waals surface area contributed by atoms with E-state index in [0.717, 1.165) is 6.42 Å². The summed E-state index contributed by atoms with van der Waals surface area (Å²) in [5.74, 6) is -0.565. The van der Waals surface area contributed by atoms with E-state index in [9.17, 15) is 9.59 Å². The molecule has 2 bridgehead atoms. The highest BCUT2D eigenvalue weighted by Crippen LogP contribution is 2.60. The Morgan fingerprint density at radius 3 is 3.00 bits per heavy atom. The van der Waals surface area contributed by atoms with Crippen LogP contribution < -0.4 is 0 Å². The van der Waals surface area contributed by atoms with E-state index in [2.05, 4.69) is 15.9 Å². The van der Waals surface area contributed by atoms with Crippen molar-refractivity contribution in [3.63, 3.8) is 0 Å². The number of carbonyl (C=O) groups excluding carboxylic acids is 2. The minimum atomic E-state index is -0.291. The van der Waals surface area contributed by atoms with Crippen molar-refractivity contribution < 1.29 is 19.1 Å². The third kappa shape index (κ3) is 1.15. The first-order chi connectivity index (χ1) is 7.65. The third-order valence-corrected chi connectivity index (χ3v) is 5.28. The molecule has 6 atom stereocenters.